The summed E-state index contributed by atoms with van der Waals surface area (Å²) >= 11 is 0. The van der Waals surface area contributed by atoms with Crippen LogP contribution in [-0.4, -0.2) is 36.5 Å². The molecule has 0 aliphatic heterocycles. The fourth-order valence-corrected chi connectivity index (χ4v) is 4.24. The number of hydrogen-bond acceptors (Lipinski definition) is 3. The van der Waals surface area contributed by atoms with Crippen molar-refractivity contribution in [3.63, 3.8) is 0 Å². The predicted octanol–water partition coefficient (Wildman–Crippen LogP) is 2.58. The van der Waals surface area contributed by atoms with E-state index >= 15 is 0 Å². The second kappa shape index (κ2) is 5.34. The molecule has 2 rings (SSSR count). The van der Waals surface area contributed by atoms with Gasteiger partial charge in [-0.15, -0.1) is 0 Å². The van der Waals surface area contributed by atoms with Crippen LogP contribution in [0.1, 0.15) is 53.9 Å². The number of rotatable bonds is 6. The van der Waals surface area contributed by atoms with Crippen molar-refractivity contribution in [3.8, 4) is 0 Å². The van der Waals surface area contributed by atoms with Crippen LogP contribution in [0.5, 0.6) is 0 Å². The summed E-state index contributed by atoms with van der Waals surface area (Å²) in [6, 6.07) is 0.443. The molecular formula is C16H31NO2. The zero-order chi connectivity index (χ0) is 14.3. The molecule has 2 aliphatic carbocycles. The molecule has 0 aromatic heterocycles. The molecule has 0 radical (unpaired) electrons. The molecule has 2 saturated carbocycles. The summed E-state index contributed by atoms with van der Waals surface area (Å²) in [6.45, 7) is 12.2. The molecule has 0 aromatic rings. The highest BCUT2D eigenvalue weighted by Crippen LogP contribution is 2.66. The van der Waals surface area contributed by atoms with Crippen LogP contribution in [0.2, 0.25) is 0 Å². The summed E-state index contributed by atoms with van der Waals surface area (Å²) < 4.78 is 6.21. The van der Waals surface area contributed by atoms with E-state index in [0.29, 0.717) is 29.6 Å². The minimum absolute atomic E-state index is 0.0610. The second-order valence-electron chi connectivity index (χ2n) is 7.63. The van der Waals surface area contributed by atoms with E-state index in [2.05, 4.69) is 39.9 Å². The van der Waals surface area contributed by atoms with E-state index in [9.17, 15) is 5.11 Å². The van der Waals surface area contributed by atoms with Crippen LogP contribution < -0.4 is 5.32 Å². The van der Waals surface area contributed by atoms with Crippen molar-refractivity contribution in [2.24, 2.45) is 16.7 Å². The minimum atomic E-state index is 0.0610. The first-order valence-electron chi connectivity index (χ1n) is 7.79. The number of aliphatic hydroxyl groups excluding tert-OH is 1. The molecule has 2 fully saturated rings. The molecule has 4 unspecified atom stereocenters. The molecule has 2 aliphatic rings. The van der Waals surface area contributed by atoms with Gasteiger partial charge in [-0.2, -0.15) is 0 Å². The van der Waals surface area contributed by atoms with Gasteiger partial charge in [0.15, 0.2) is 0 Å². The van der Waals surface area contributed by atoms with E-state index in [1.54, 1.807) is 0 Å². The average molecular weight is 269 g/mol. The van der Waals surface area contributed by atoms with Gasteiger partial charge in [0.1, 0.15) is 0 Å². The van der Waals surface area contributed by atoms with Gasteiger partial charge in [-0.05, 0) is 36.0 Å². The molecule has 3 nitrogen and oxygen atoms in total. The number of hydrogen-bond donors (Lipinski definition) is 2. The van der Waals surface area contributed by atoms with Gasteiger partial charge in [-0.3, -0.25) is 0 Å². The maximum atomic E-state index is 9.41. The fourth-order valence-electron chi connectivity index (χ4n) is 4.24. The molecule has 0 amide bonds. The highest BCUT2D eigenvalue weighted by atomic mass is 16.5. The average Bonchev–Trinajstić information content (AvgIpc) is 2.66. The lowest BCUT2D eigenvalue weighted by molar-refractivity contribution is -0.0578. The van der Waals surface area contributed by atoms with Crippen molar-refractivity contribution in [2.45, 2.75) is 72.1 Å². The largest absolute Gasteiger partial charge is 0.395 e. The summed E-state index contributed by atoms with van der Waals surface area (Å²) in [5.41, 5.74) is 0.716. The number of ether oxygens (including phenoxy) is 1. The third kappa shape index (κ3) is 2.57. The van der Waals surface area contributed by atoms with Gasteiger partial charge in [-0.25, -0.2) is 0 Å². The molecule has 2 N–H and O–H groups in total. The summed E-state index contributed by atoms with van der Waals surface area (Å²) in [7, 11) is 0. The van der Waals surface area contributed by atoms with Crippen molar-refractivity contribution in [1.82, 2.24) is 5.32 Å². The highest BCUT2D eigenvalue weighted by molar-refractivity contribution is 5.11. The minimum Gasteiger partial charge on any atom is -0.395 e. The van der Waals surface area contributed by atoms with E-state index in [-0.39, 0.29) is 12.6 Å². The summed E-state index contributed by atoms with van der Waals surface area (Å²) in [5.74, 6) is 0.813. The van der Waals surface area contributed by atoms with Crippen LogP contribution in [0.3, 0.4) is 0 Å². The maximum absolute atomic E-state index is 9.41. The van der Waals surface area contributed by atoms with E-state index in [1.165, 1.54) is 19.3 Å². The van der Waals surface area contributed by atoms with Crippen molar-refractivity contribution < 1.29 is 9.84 Å². The Hall–Kier alpha value is -0.120. The first kappa shape index (κ1) is 15.3. The second-order valence-corrected chi connectivity index (χ2v) is 7.63. The molecular weight excluding hydrogens is 238 g/mol. The Morgan fingerprint density at radius 1 is 1.32 bits per heavy atom. The highest BCUT2D eigenvalue weighted by Gasteiger charge is 2.61. The van der Waals surface area contributed by atoms with Gasteiger partial charge in [0.25, 0.3) is 0 Å². The molecule has 0 aromatic carbocycles. The Morgan fingerprint density at radius 2 is 2.00 bits per heavy atom. The van der Waals surface area contributed by atoms with Crippen molar-refractivity contribution in [2.75, 3.05) is 13.2 Å². The summed E-state index contributed by atoms with van der Waals surface area (Å²) in [6.07, 6.45) is 4.21. The Bertz CT molecular complexity index is 316. The molecule has 0 spiro atoms. The predicted molar refractivity (Wildman–Crippen MR) is 78.1 cm³/mol. The standard InChI is InChI=1S/C16H31NO2/c1-11(2)17-13(9-18)10-19-14-8-12-6-7-16(14,5)15(12,3)4/h11-14,17-18H,6-10H2,1-5H3. The van der Waals surface area contributed by atoms with Crippen LogP contribution >= 0.6 is 0 Å². The smallest absolute Gasteiger partial charge is 0.0646 e. The zero-order valence-corrected chi connectivity index (χ0v) is 13.2. The first-order chi connectivity index (χ1) is 8.81. The van der Waals surface area contributed by atoms with Gasteiger partial charge >= 0.3 is 0 Å². The molecule has 4 atom stereocenters. The van der Waals surface area contributed by atoms with Crippen molar-refractivity contribution >= 4 is 0 Å². The molecule has 3 heteroatoms. The summed E-state index contributed by atoms with van der Waals surface area (Å²) in [5, 5.41) is 12.8. The van der Waals surface area contributed by atoms with Crippen LogP contribution in [0.25, 0.3) is 0 Å². The lowest BCUT2D eigenvalue weighted by Crippen LogP contribution is -2.44. The normalized spacial score (nSPS) is 38.1. The Morgan fingerprint density at radius 3 is 2.42 bits per heavy atom. The third-order valence-electron chi connectivity index (χ3n) is 6.00. The number of aliphatic hydroxyl groups is 1. The van der Waals surface area contributed by atoms with Crippen molar-refractivity contribution in [3.05, 3.63) is 0 Å². The Balaban J connectivity index is 1.91. The first-order valence-corrected chi connectivity index (χ1v) is 7.79. The van der Waals surface area contributed by atoms with Crippen molar-refractivity contribution in [1.29, 1.82) is 0 Å². The quantitative estimate of drug-likeness (QED) is 0.779. The Labute approximate surface area is 118 Å². The summed E-state index contributed by atoms with van der Waals surface area (Å²) in [4.78, 5) is 0. The number of nitrogens with one attached hydrogen (secondary N) is 1. The lowest BCUT2D eigenvalue weighted by Gasteiger charge is -2.39. The monoisotopic (exact) mass is 269 g/mol. The van der Waals surface area contributed by atoms with E-state index in [1.807, 2.05) is 0 Å². The van der Waals surface area contributed by atoms with Gasteiger partial charge < -0.3 is 15.2 Å². The third-order valence-corrected chi connectivity index (χ3v) is 6.00. The molecule has 0 heterocycles. The zero-order valence-electron chi connectivity index (χ0n) is 13.2. The Kier molecular flexibility index (Phi) is 4.29. The lowest BCUT2D eigenvalue weighted by atomic mass is 9.70. The SMILES string of the molecule is CC(C)NC(CO)COC1CC2CCC1(C)C2(C)C. The van der Waals surface area contributed by atoms with E-state index in [4.69, 9.17) is 4.74 Å². The molecule has 0 saturated heterocycles. The van der Waals surface area contributed by atoms with Gasteiger partial charge in [-0.1, -0.05) is 34.6 Å². The van der Waals surface area contributed by atoms with Crippen LogP contribution in [0.4, 0.5) is 0 Å². The fraction of sp³-hybridized carbons (Fsp3) is 1.00. The van der Waals surface area contributed by atoms with Gasteiger partial charge in [0.05, 0.1) is 25.4 Å². The molecule has 112 valence electrons. The topological polar surface area (TPSA) is 41.5 Å². The maximum Gasteiger partial charge on any atom is 0.0646 e. The van der Waals surface area contributed by atoms with Crippen LogP contribution in [0.15, 0.2) is 0 Å². The van der Waals surface area contributed by atoms with Gasteiger partial charge in [0, 0.05) is 6.04 Å². The molecule has 2 bridgehead atoms. The van der Waals surface area contributed by atoms with Crippen LogP contribution in [-0.2, 0) is 4.74 Å². The van der Waals surface area contributed by atoms with E-state index < -0.39 is 0 Å². The number of fused-ring (bicyclic) bond motifs is 2. The van der Waals surface area contributed by atoms with E-state index in [0.717, 1.165) is 5.92 Å². The van der Waals surface area contributed by atoms with Crippen LogP contribution in [0, 0.1) is 16.7 Å². The van der Waals surface area contributed by atoms with Gasteiger partial charge in [0.2, 0.25) is 0 Å². The molecule has 19 heavy (non-hydrogen) atoms.